The van der Waals surface area contributed by atoms with Gasteiger partial charge < -0.3 is 10.1 Å². The Kier molecular flexibility index (Phi) is 4.27. The Morgan fingerprint density at radius 2 is 1.65 bits per heavy atom. The fourth-order valence-corrected chi connectivity index (χ4v) is 2.31. The number of rotatable bonds is 4. The smallest absolute Gasteiger partial charge is 0.140 e. The van der Waals surface area contributed by atoms with Crippen LogP contribution >= 0.6 is 0 Å². The van der Waals surface area contributed by atoms with Crippen LogP contribution in [-0.4, -0.2) is 7.11 Å². The SMILES string of the molecule is COc1ccc(NC(C#N)c2c(C)cccc2C)cc1. The van der Waals surface area contributed by atoms with Crippen LogP contribution in [0.3, 0.4) is 0 Å². The summed E-state index contributed by atoms with van der Waals surface area (Å²) in [7, 11) is 1.64. The molecule has 0 aliphatic rings. The third kappa shape index (κ3) is 2.92. The summed E-state index contributed by atoms with van der Waals surface area (Å²) in [5, 5.41) is 12.7. The normalized spacial score (nSPS) is 11.5. The molecule has 0 saturated heterocycles. The molecule has 0 saturated carbocycles. The van der Waals surface area contributed by atoms with Crippen LogP contribution in [0.1, 0.15) is 22.7 Å². The Hall–Kier alpha value is -2.47. The van der Waals surface area contributed by atoms with E-state index >= 15 is 0 Å². The molecule has 0 aromatic heterocycles. The number of ether oxygens (including phenoxy) is 1. The lowest BCUT2D eigenvalue weighted by atomic mass is 9.96. The lowest BCUT2D eigenvalue weighted by Crippen LogP contribution is -2.11. The lowest BCUT2D eigenvalue weighted by Gasteiger charge is -2.18. The molecule has 2 aromatic rings. The summed E-state index contributed by atoms with van der Waals surface area (Å²) in [5.41, 5.74) is 4.20. The molecule has 2 rings (SSSR count). The molecule has 2 aromatic carbocycles. The van der Waals surface area contributed by atoms with E-state index in [1.165, 1.54) is 0 Å². The number of anilines is 1. The average Bonchev–Trinajstić information content (AvgIpc) is 2.46. The summed E-state index contributed by atoms with van der Waals surface area (Å²) in [5.74, 6) is 0.802. The van der Waals surface area contributed by atoms with Crippen LogP contribution in [0.25, 0.3) is 0 Å². The van der Waals surface area contributed by atoms with Crippen LogP contribution in [0.4, 0.5) is 5.69 Å². The molecule has 0 radical (unpaired) electrons. The number of benzene rings is 2. The van der Waals surface area contributed by atoms with Crippen molar-refractivity contribution in [2.75, 3.05) is 12.4 Å². The first-order chi connectivity index (χ1) is 9.65. The molecule has 0 bridgehead atoms. The van der Waals surface area contributed by atoms with Crippen molar-refractivity contribution in [2.24, 2.45) is 0 Å². The molecule has 0 aliphatic heterocycles. The molecular formula is C17H18N2O. The number of nitrogens with zero attached hydrogens (tertiary/aromatic N) is 1. The van der Waals surface area contributed by atoms with E-state index in [2.05, 4.69) is 11.4 Å². The highest BCUT2D eigenvalue weighted by atomic mass is 16.5. The van der Waals surface area contributed by atoms with Crippen molar-refractivity contribution in [1.29, 1.82) is 5.26 Å². The first-order valence-corrected chi connectivity index (χ1v) is 6.52. The van der Waals surface area contributed by atoms with Crippen LogP contribution in [0.15, 0.2) is 42.5 Å². The van der Waals surface area contributed by atoms with Crippen molar-refractivity contribution in [3.05, 3.63) is 59.2 Å². The maximum Gasteiger partial charge on any atom is 0.140 e. The van der Waals surface area contributed by atoms with E-state index in [0.717, 1.165) is 28.1 Å². The Morgan fingerprint density at radius 3 is 2.15 bits per heavy atom. The minimum absolute atomic E-state index is 0.357. The molecule has 3 nitrogen and oxygen atoms in total. The third-order valence-corrected chi connectivity index (χ3v) is 3.36. The van der Waals surface area contributed by atoms with E-state index in [4.69, 9.17) is 4.74 Å². The van der Waals surface area contributed by atoms with E-state index in [1.54, 1.807) is 7.11 Å². The Bertz CT molecular complexity index is 606. The standard InChI is InChI=1S/C17H18N2O/c1-12-5-4-6-13(2)17(12)16(11-18)19-14-7-9-15(20-3)10-8-14/h4-10,16,19H,1-3H3. The van der Waals surface area contributed by atoms with Crippen LogP contribution < -0.4 is 10.1 Å². The fraction of sp³-hybridized carbons (Fsp3) is 0.235. The molecule has 1 N–H and O–H groups in total. The number of hydrogen-bond donors (Lipinski definition) is 1. The maximum absolute atomic E-state index is 9.45. The Morgan fingerprint density at radius 1 is 1.05 bits per heavy atom. The van der Waals surface area contributed by atoms with Crippen molar-refractivity contribution in [1.82, 2.24) is 0 Å². The van der Waals surface area contributed by atoms with Gasteiger partial charge in [-0.1, -0.05) is 18.2 Å². The van der Waals surface area contributed by atoms with Gasteiger partial charge in [0.2, 0.25) is 0 Å². The molecule has 20 heavy (non-hydrogen) atoms. The van der Waals surface area contributed by atoms with Crippen LogP contribution in [-0.2, 0) is 0 Å². The van der Waals surface area contributed by atoms with Gasteiger partial charge in [0, 0.05) is 5.69 Å². The number of aryl methyl sites for hydroxylation is 2. The van der Waals surface area contributed by atoms with Gasteiger partial charge in [-0.25, -0.2) is 0 Å². The molecule has 0 spiro atoms. The van der Waals surface area contributed by atoms with Gasteiger partial charge in [0.1, 0.15) is 11.8 Å². The van der Waals surface area contributed by atoms with Gasteiger partial charge in [0.25, 0.3) is 0 Å². The molecule has 1 atom stereocenters. The van der Waals surface area contributed by atoms with Crippen molar-refractivity contribution in [3.8, 4) is 11.8 Å². The molecule has 0 heterocycles. The molecule has 0 amide bonds. The van der Waals surface area contributed by atoms with Gasteiger partial charge in [-0.15, -0.1) is 0 Å². The number of nitriles is 1. The van der Waals surface area contributed by atoms with E-state index < -0.39 is 0 Å². The zero-order valence-electron chi connectivity index (χ0n) is 12.0. The predicted octanol–water partition coefficient (Wildman–Crippen LogP) is 3.99. The molecule has 3 heteroatoms. The van der Waals surface area contributed by atoms with Crippen LogP contribution in [0.2, 0.25) is 0 Å². The summed E-state index contributed by atoms with van der Waals surface area (Å²) in [6, 6.07) is 15.6. The summed E-state index contributed by atoms with van der Waals surface area (Å²) in [4.78, 5) is 0. The molecule has 102 valence electrons. The summed E-state index contributed by atoms with van der Waals surface area (Å²) in [6.07, 6.45) is 0. The van der Waals surface area contributed by atoms with Crippen LogP contribution in [0.5, 0.6) is 5.75 Å². The van der Waals surface area contributed by atoms with Crippen LogP contribution in [0, 0.1) is 25.2 Å². The van der Waals surface area contributed by atoms with Gasteiger partial charge in [-0.05, 0) is 54.8 Å². The highest BCUT2D eigenvalue weighted by molar-refractivity contribution is 5.52. The zero-order chi connectivity index (χ0) is 14.5. The molecule has 0 fully saturated rings. The number of methoxy groups -OCH3 is 1. The summed E-state index contributed by atoms with van der Waals surface area (Å²) < 4.78 is 5.13. The van der Waals surface area contributed by atoms with Crippen molar-refractivity contribution >= 4 is 5.69 Å². The quantitative estimate of drug-likeness (QED) is 0.910. The third-order valence-electron chi connectivity index (χ3n) is 3.36. The number of hydrogen-bond acceptors (Lipinski definition) is 3. The Balaban J connectivity index is 2.27. The first-order valence-electron chi connectivity index (χ1n) is 6.52. The van der Waals surface area contributed by atoms with Gasteiger partial charge in [0.05, 0.1) is 13.2 Å². The second kappa shape index (κ2) is 6.12. The molecule has 1 unspecified atom stereocenters. The van der Waals surface area contributed by atoms with Crippen molar-refractivity contribution < 1.29 is 4.74 Å². The zero-order valence-corrected chi connectivity index (χ0v) is 12.0. The summed E-state index contributed by atoms with van der Waals surface area (Å²) >= 11 is 0. The maximum atomic E-state index is 9.45. The molecular weight excluding hydrogens is 248 g/mol. The van der Waals surface area contributed by atoms with E-state index in [1.807, 2.05) is 56.3 Å². The van der Waals surface area contributed by atoms with Gasteiger partial charge in [0.15, 0.2) is 0 Å². The van der Waals surface area contributed by atoms with Gasteiger partial charge in [-0.2, -0.15) is 5.26 Å². The average molecular weight is 266 g/mol. The molecule has 0 aliphatic carbocycles. The first kappa shape index (κ1) is 14.0. The minimum Gasteiger partial charge on any atom is -0.497 e. The number of nitrogens with one attached hydrogen (secondary N) is 1. The van der Waals surface area contributed by atoms with Crippen molar-refractivity contribution in [3.63, 3.8) is 0 Å². The highest BCUT2D eigenvalue weighted by Crippen LogP contribution is 2.26. The van der Waals surface area contributed by atoms with E-state index in [0.29, 0.717) is 0 Å². The Labute approximate surface area is 119 Å². The summed E-state index contributed by atoms with van der Waals surface area (Å²) in [6.45, 7) is 4.06. The predicted molar refractivity (Wildman–Crippen MR) is 80.9 cm³/mol. The lowest BCUT2D eigenvalue weighted by molar-refractivity contribution is 0.415. The second-order valence-corrected chi connectivity index (χ2v) is 4.74. The second-order valence-electron chi connectivity index (χ2n) is 4.74. The van der Waals surface area contributed by atoms with Crippen molar-refractivity contribution in [2.45, 2.75) is 19.9 Å². The fourth-order valence-electron chi connectivity index (χ4n) is 2.31. The highest BCUT2D eigenvalue weighted by Gasteiger charge is 2.15. The van der Waals surface area contributed by atoms with Gasteiger partial charge in [-0.3, -0.25) is 0 Å². The van der Waals surface area contributed by atoms with E-state index in [-0.39, 0.29) is 6.04 Å². The largest absolute Gasteiger partial charge is 0.497 e. The topological polar surface area (TPSA) is 45.0 Å². The van der Waals surface area contributed by atoms with E-state index in [9.17, 15) is 5.26 Å². The van der Waals surface area contributed by atoms with Gasteiger partial charge >= 0.3 is 0 Å². The monoisotopic (exact) mass is 266 g/mol. The minimum atomic E-state index is -0.357.